The Hall–Kier alpha value is -3.53. The van der Waals surface area contributed by atoms with Crippen molar-refractivity contribution in [1.82, 2.24) is 0 Å². The molecule has 3 aromatic carbocycles. The third-order valence-corrected chi connectivity index (χ3v) is 4.64. The van der Waals surface area contributed by atoms with E-state index in [0.717, 1.165) is 17.5 Å². The summed E-state index contributed by atoms with van der Waals surface area (Å²) in [5, 5.41) is 0.460. The summed E-state index contributed by atoms with van der Waals surface area (Å²) in [7, 11) is 0. The van der Waals surface area contributed by atoms with Gasteiger partial charge in [0.1, 0.15) is 23.3 Å². The van der Waals surface area contributed by atoms with E-state index in [1.54, 1.807) is 18.2 Å². The van der Waals surface area contributed by atoms with E-state index in [0.29, 0.717) is 29.1 Å². The van der Waals surface area contributed by atoms with E-state index in [4.69, 9.17) is 13.9 Å². The van der Waals surface area contributed by atoms with E-state index in [1.807, 2.05) is 44.2 Å². The van der Waals surface area contributed by atoms with Crippen LogP contribution in [0.1, 0.15) is 16.7 Å². The van der Waals surface area contributed by atoms with Crippen LogP contribution in [-0.2, 0) is 6.42 Å². The Morgan fingerprint density at radius 1 is 0.862 bits per heavy atom. The summed E-state index contributed by atoms with van der Waals surface area (Å²) in [4.78, 5) is 12.8. The van der Waals surface area contributed by atoms with Gasteiger partial charge in [0.2, 0.25) is 11.2 Å². The lowest BCUT2D eigenvalue weighted by molar-refractivity contribution is 0.322. The summed E-state index contributed by atoms with van der Waals surface area (Å²) in [5.74, 6) is 1.45. The van der Waals surface area contributed by atoms with Gasteiger partial charge in [0.05, 0.1) is 12.0 Å². The topological polar surface area (TPSA) is 48.7 Å². The van der Waals surface area contributed by atoms with Crippen molar-refractivity contribution in [2.45, 2.75) is 20.3 Å². The molecule has 4 heteroatoms. The van der Waals surface area contributed by atoms with Gasteiger partial charge in [-0.1, -0.05) is 36.4 Å². The van der Waals surface area contributed by atoms with Crippen LogP contribution in [0.2, 0.25) is 0 Å². The average molecular weight is 386 g/mol. The van der Waals surface area contributed by atoms with Crippen molar-refractivity contribution < 1.29 is 13.9 Å². The van der Waals surface area contributed by atoms with E-state index in [1.165, 1.54) is 11.8 Å². The Bertz CT molecular complexity index is 1170. The molecular formula is C25H22O4. The Morgan fingerprint density at radius 2 is 1.62 bits per heavy atom. The van der Waals surface area contributed by atoms with Crippen molar-refractivity contribution in [2.24, 2.45) is 0 Å². The predicted octanol–water partition coefficient (Wildman–Crippen LogP) is 5.82. The maximum absolute atomic E-state index is 12.8. The fourth-order valence-electron chi connectivity index (χ4n) is 3.30. The van der Waals surface area contributed by atoms with Crippen molar-refractivity contribution in [3.63, 3.8) is 0 Å². The molecule has 0 spiro atoms. The average Bonchev–Trinajstić information content (AvgIpc) is 2.70. The zero-order valence-corrected chi connectivity index (χ0v) is 16.5. The van der Waals surface area contributed by atoms with Crippen LogP contribution in [-0.4, -0.2) is 6.61 Å². The van der Waals surface area contributed by atoms with Crippen molar-refractivity contribution in [3.8, 4) is 17.2 Å². The number of benzene rings is 3. The molecule has 0 aliphatic carbocycles. The molecule has 0 aliphatic heterocycles. The normalized spacial score (nSPS) is 10.8. The summed E-state index contributed by atoms with van der Waals surface area (Å²) in [6.45, 7) is 4.53. The van der Waals surface area contributed by atoms with E-state index in [-0.39, 0.29) is 11.2 Å². The number of hydrogen-bond acceptors (Lipinski definition) is 4. The molecule has 4 aromatic rings. The zero-order chi connectivity index (χ0) is 20.2. The summed E-state index contributed by atoms with van der Waals surface area (Å²) in [6.07, 6.45) is 2.17. The molecule has 1 heterocycles. The molecule has 1 aromatic heterocycles. The molecule has 0 bridgehead atoms. The summed E-state index contributed by atoms with van der Waals surface area (Å²) >= 11 is 0. The van der Waals surface area contributed by atoms with Crippen LogP contribution < -0.4 is 14.9 Å². The lowest BCUT2D eigenvalue weighted by Gasteiger charge is -2.09. The van der Waals surface area contributed by atoms with Gasteiger partial charge < -0.3 is 13.9 Å². The van der Waals surface area contributed by atoms with Crippen molar-refractivity contribution in [2.75, 3.05) is 6.61 Å². The van der Waals surface area contributed by atoms with Gasteiger partial charge in [-0.05, 0) is 54.8 Å². The Balaban J connectivity index is 1.51. The highest BCUT2D eigenvalue weighted by molar-refractivity contribution is 5.79. The first-order valence-electron chi connectivity index (χ1n) is 9.57. The summed E-state index contributed by atoms with van der Waals surface area (Å²) < 4.78 is 17.3. The second-order valence-corrected chi connectivity index (χ2v) is 7.10. The first-order valence-corrected chi connectivity index (χ1v) is 9.57. The maximum Gasteiger partial charge on any atom is 0.235 e. The predicted molar refractivity (Wildman–Crippen MR) is 114 cm³/mol. The van der Waals surface area contributed by atoms with Gasteiger partial charge in [0.25, 0.3) is 0 Å². The number of ether oxygens (including phenoxy) is 2. The third-order valence-electron chi connectivity index (χ3n) is 4.64. The zero-order valence-electron chi connectivity index (χ0n) is 16.5. The fraction of sp³-hybridized carbons (Fsp3) is 0.160. The lowest BCUT2D eigenvalue weighted by atomic mass is 10.1. The molecular weight excluding hydrogens is 364 g/mol. The minimum atomic E-state index is -0.207. The molecule has 0 N–H and O–H groups in total. The van der Waals surface area contributed by atoms with Crippen LogP contribution in [0.4, 0.5) is 0 Å². The largest absolute Gasteiger partial charge is 0.493 e. The van der Waals surface area contributed by atoms with Crippen molar-refractivity contribution in [1.29, 1.82) is 0 Å². The Kier molecular flexibility index (Phi) is 5.34. The Labute approximate surface area is 169 Å². The molecule has 4 nitrogen and oxygen atoms in total. The van der Waals surface area contributed by atoms with E-state index in [2.05, 4.69) is 18.2 Å². The van der Waals surface area contributed by atoms with Crippen LogP contribution in [0.5, 0.6) is 17.2 Å². The standard InChI is InChI=1S/C25H22O4/c1-17-12-18(2)14-21(13-17)29-24-16-28-23-15-20(8-9-22(23)25(24)26)27-11-10-19-6-4-3-5-7-19/h3-9,12-16H,10-11H2,1-2H3. The first-order chi connectivity index (χ1) is 14.1. The SMILES string of the molecule is Cc1cc(C)cc(Oc2coc3cc(OCCc4ccccc4)ccc3c2=O)c1. The van der Waals surface area contributed by atoms with Crippen molar-refractivity contribution >= 4 is 11.0 Å². The van der Waals surface area contributed by atoms with Gasteiger partial charge in [-0.25, -0.2) is 0 Å². The molecule has 0 atom stereocenters. The summed E-state index contributed by atoms with van der Waals surface area (Å²) in [6, 6.07) is 21.2. The third kappa shape index (κ3) is 4.49. The summed E-state index contributed by atoms with van der Waals surface area (Å²) in [5.41, 5.74) is 3.62. The van der Waals surface area contributed by atoms with Gasteiger partial charge >= 0.3 is 0 Å². The van der Waals surface area contributed by atoms with Gasteiger partial charge in [0.15, 0.2) is 0 Å². The molecule has 0 saturated carbocycles. The number of aryl methyl sites for hydroxylation is 2. The lowest BCUT2D eigenvalue weighted by Crippen LogP contribution is -2.06. The fourth-order valence-corrected chi connectivity index (χ4v) is 3.30. The molecule has 29 heavy (non-hydrogen) atoms. The highest BCUT2D eigenvalue weighted by atomic mass is 16.5. The van der Waals surface area contributed by atoms with E-state index >= 15 is 0 Å². The number of hydrogen-bond donors (Lipinski definition) is 0. The quantitative estimate of drug-likeness (QED) is 0.419. The van der Waals surface area contributed by atoms with Gasteiger partial charge in [-0.15, -0.1) is 0 Å². The highest BCUT2D eigenvalue weighted by Gasteiger charge is 2.11. The second kappa shape index (κ2) is 8.23. The first kappa shape index (κ1) is 18.8. The molecule has 0 amide bonds. The van der Waals surface area contributed by atoms with Crippen LogP contribution >= 0.6 is 0 Å². The minimum Gasteiger partial charge on any atom is -0.493 e. The highest BCUT2D eigenvalue weighted by Crippen LogP contribution is 2.25. The Morgan fingerprint density at radius 3 is 2.38 bits per heavy atom. The molecule has 0 saturated heterocycles. The van der Waals surface area contributed by atoms with Crippen LogP contribution in [0.25, 0.3) is 11.0 Å². The smallest absolute Gasteiger partial charge is 0.235 e. The van der Waals surface area contributed by atoms with Crippen LogP contribution in [0, 0.1) is 13.8 Å². The molecule has 0 fully saturated rings. The monoisotopic (exact) mass is 386 g/mol. The maximum atomic E-state index is 12.8. The minimum absolute atomic E-state index is 0.167. The van der Waals surface area contributed by atoms with Gasteiger partial charge in [-0.3, -0.25) is 4.79 Å². The van der Waals surface area contributed by atoms with E-state index in [9.17, 15) is 4.79 Å². The number of rotatable bonds is 6. The molecule has 146 valence electrons. The number of fused-ring (bicyclic) bond motifs is 1. The van der Waals surface area contributed by atoms with E-state index < -0.39 is 0 Å². The molecule has 0 unspecified atom stereocenters. The van der Waals surface area contributed by atoms with Gasteiger partial charge in [-0.2, -0.15) is 0 Å². The van der Waals surface area contributed by atoms with Crippen molar-refractivity contribution in [3.05, 3.63) is 99.9 Å². The molecule has 4 rings (SSSR count). The molecule has 0 radical (unpaired) electrons. The van der Waals surface area contributed by atoms with Crippen LogP contribution in [0.3, 0.4) is 0 Å². The van der Waals surface area contributed by atoms with Crippen LogP contribution in [0.15, 0.2) is 82.2 Å². The second-order valence-electron chi connectivity index (χ2n) is 7.10. The molecule has 0 aliphatic rings. The van der Waals surface area contributed by atoms with Gasteiger partial charge in [0, 0.05) is 12.5 Å².